The van der Waals surface area contributed by atoms with E-state index in [2.05, 4.69) is 28.7 Å². The lowest BCUT2D eigenvalue weighted by molar-refractivity contribution is -0.127. The van der Waals surface area contributed by atoms with E-state index in [1.807, 2.05) is 12.1 Å². The van der Waals surface area contributed by atoms with Crippen molar-refractivity contribution in [2.75, 3.05) is 45.2 Å². The van der Waals surface area contributed by atoms with E-state index >= 15 is 0 Å². The minimum absolute atomic E-state index is 0.0837. The number of anilines is 1. The van der Waals surface area contributed by atoms with Crippen molar-refractivity contribution < 1.29 is 9.59 Å². The van der Waals surface area contributed by atoms with Gasteiger partial charge in [-0.2, -0.15) is 0 Å². The number of halogens is 1. The summed E-state index contributed by atoms with van der Waals surface area (Å²) in [7, 11) is 3.39. The fourth-order valence-electron chi connectivity index (χ4n) is 3.25. The first-order valence-corrected chi connectivity index (χ1v) is 11.9. The Hall–Kier alpha value is -2.30. The van der Waals surface area contributed by atoms with Crippen LogP contribution in [-0.2, 0) is 4.79 Å². The Balaban J connectivity index is 1.66. The molecular formula is C19H25IN6O2. The summed E-state index contributed by atoms with van der Waals surface area (Å²) >= 11 is -0.192. The number of guanidine groups is 1. The molecule has 0 aliphatic carbocycles. The molecule has 0 saturated carbocycles. The van der Waals surface area contributed by atoms with E-state index in [9.17, 15) is 9.59 Å². The Bertz CT molecular complexity index is 799. The highest BCUT2D eigenvalue weighted by Crippen LogP contribution is 2.19. The van der Waals surface area contributed by atoms with Crippen LogP contribution in [0, 0.1) is 0 Å². The standard InChI is InChI=1S/C19H25IN6O2/c1-20-7-6-14-12-17(27)24(3)19(23-14)26-10-8-25(9-11-26)15-4-5-16(22-13-15)18(28)21-2/h4-7,13-14H,1,8-12H2,2-3H3,(H,21,28)/b7-6-. The van der Waals surface area contributed by atoms with Crippen LogP contribution in [0.25, 0.3) is 0 Å². The number of piperazine rings is 1. The molecule has 2 aliphatic heterocycles. The first-order chi connectivity index (χ1) is 13.5. The van der Waals surface area contributed by atoms with E-state index in [1.54, 1.807) is 31.3 Å². The average molecular weight is 496 g/mol. The van der Waals surface area contributed by atoms with Crippen molar-refractivity contribution in [3.63, 3.8) is 0 Å². The number of nitrogens with one attached hydrogen (secondary N) is 1. The van der Waals surface area contributed by atoms with Gasteiger partial charge in [0.2, 0.25) is 11.9 Å². The van der Waals surface area contributed by atoms with Crippen molar-refractivity contribution >= 4 is 48.7 Å². The van der Waals surface area contributed by atoms with Gasteiger partial charge in [-0.1, -0.05) is 10.6 Å². The molecular weight excluding hydrogens is 471 g/mol. The maximum Gasteiger partial charge on any atom is 0.269 e. The van der Waals surface area contributed by atoms with Gasteiger partial charge in [0.05, 0.1) is 24.3 Å². The van der Waals surface area contributed by atoms with Crippen LogP contribution in [-0.4, -0.2) is 83.4 Å². The second kappa shape index (κ2) is 9.26. The van der Waals surface area contributed by atoms with Gasteiger partial charge in [0.15, 0.2) is 0 Å². The molecule has 1 saturated heterocycles. The number of amides is 2. The summed E-state index contributed by atoms with van der Waals surface area (Å²) in [6.45, 7) is 3.14. The lowest BCUT2D eigenvalue weighted by atomic mass is 10.1. The normalized spacial score (nSPS) is 20.5. The summed E-state index contributed by atoms with van der Waals surface area (Å²) in [6.07, 6.45) is 4.17. The lowest BCUT2D eigenvalue weighted by Crippen LogP contribution is -2.55. The molecule has 28 heavy (non-hydrogen) atoms. The van der Waals surface area contributed by atoms with Crippen molar-refractivity contribution in [3.8, 4) is 0 Å². The molecule has 1 atom stereocenters. The second-order valence-corrected chi connectivity index (χ2v) is 8.18. The highest BCUT2D eigenvalue weighted by Gasteiger charge is 2.30. The molecule has 8 nitrogen and oxygen atoms in total. The van der Waals surface area contributed by atoms with E-state index in [1.165, 1.54) is 0 Å². The smallest absolute Gasteiger partial charge is 0.269 e. The zero-order chi connectivity index (χ0) is 20.1. The average Bonchev–Trinajstić information content (AvgIpc) is 2.74. The van der Waals surface area contributed by atoms with Crippen LogP contribution in [0.5, 0.6) is 0 Å². The fraction of sp³-hybridized carbons (Fsp3) is 0.421. The van der Waals surface area contributed by atoms with Gasteiger partial charge < -0.3 is 15.1 Å². The highest BCUT2D eigenvalue weighted by molar-refractivity contribution is 14.2. The first-order valence-electron chi connectivity index (χ1n) is 9.09. The molecule has 0 spiro atoms. The van der Waals surface area contributed by atoms with Crippen molar-refractivity contribution in [2.24, 2.45) is 4.99 Å². The summed E-state index contributed by atoms with van der Waals surface area (Å²) < 4.78 is 5.97. The SMILES string of the molecule is C=I/C=C\C1CC(=O)N(C)C(N2CCN(c3ccc(C(=O)NC)nc3)CC2)=N1. The second-order valence-electron chi connectivity index (χ2n) is 6.58. The Morgan fingerprint density at radius 3 is 2.61 bits per heavy atom. The third kappa shape index (κ3) is 4.57. The Labute approximate surface area is 175 Å². The van der Waals surface area contributed by atoms with Gasteiger partial charge in [0.25, 0.3) is 5.91 Å². The number of hydrogen-bond acceptors (Lipinski definition) is 6. The molecule has 9 heteroatoms. The predicted molar refractivity (Wildman–Crippen MR) is 120 cm³/mol. The lowest BCUT2D eigenvalue weighted by Gasteiger charge is -2.41. The van der Waals surface area contributed by atoms with Crippen LogP contribution in [0.4, 0.5) is 5.69 Å². The van der Waals surface area contributed by atoms with Crippen molar-refractivity contribution in [2.45, 2.75) is 12.5 Å². The molecule has 0 bridgehead atoms. The monoisotopic (exact) mass is 496 g/mol. The van der Waals surface area contributed by atoms with Gasteiger partial charge in [0, 0.05) is 40.3 Å². The van der Waals surface area contributed by atoms with Gasteiger partial charge in [-0.05, 0) is 16.2 Å². The number of carbonyl (C=O) groups excluding carboxylic acids is 2. The quantitative estimate of drug-likeness (QED) is 0.631. The number of carbonyl (C=O) groups is 2. The van der Waals surface area contributed by atoms with Crippen molar-refractivity contribution in [1.29, 1.82) is 0 Å². The fourth-order valence-corrected chi connectivity index (χ4v) is 4.02. The molecule has 0 aromatic carbocycles. The van der Waals surface area contributed by atoms with Gasteiger partial charge in [0.1, 0.15) is 5.69 Å². The Kier molecular flexibility index (Phi) is 6.76. The molecule has 1 unspecified atom stereocenters. The van der Waals surface area contributed by atoms with Gasteiger partial charge >= 0.3 is 0 Å². The molecule has 150 valence electrons. The summed E-state index contributed by atoms with van der Waals surface area (Å²) in [5.41, 5.74) is 1.40. The molecule has 0 radical (unpaired) electrons. The number of nitrogens with zero attached hydrogens (tertiary/aromatic N) is 5. The zero-order valence-corrected chi connectivity index (χ0v) is 18.3. The maximum absolute atomic E-state index is 12.3. The van der Waals surface area contributed by atoms with E-state index < -0.39 is 0 Å². The maximum atomic E-state index is 12.3. The molecule has 2 amide bonds. The molecule has 1 N–H and O–H groups in total. The van der Waals surface area contributed by atoms with Crippen LogP contribution in [0.3, 0.4) is 0 Å². The molecule has 1 aromatic rings. The van der Waals surface area contributed by atoms with E-state index in [-0.39, 0.29) is 38.6 Å². The number of rotatable bonds is 4. The molecule has 3 heterocycles. The minimum Gasteiger partial charge on any atom is -0.367 e. The van der Waals surface area contributed by atoms with Crippen LogP contribution in [0.15, 0.2) is 33.5 Å². The van der Waals surface area contributed by atoms with Gasteiger partial charge in [-0.15, -0.1) is 20.7 Å². The summed E-state index contributed by atoms with van der Waals surface area (Å²) in [5, 5.41) is 2.57. The number of aliphatic imine (C=N–C) groups is 1. The Morgan fingerprint density at radius 2 is 2.00 bits per heavy atom. The zero-order valence-electron chi connectivity index (χ0n) is 16.1. The first kappa shape index (κ1) is 20.4. The van der Waals surface area contributed by atoms with E-state index in [4.69, 9.17) is 4.99 Å². The van der Waals surface area contributed by atoms with Crippen LogP contribution < -0.4 is 10.2 Å². The molecule has 3 rings (SSSR count). The van der Waals surface area contributed by atoms with Crippen molar-refractivity contribution in [3.05, 3.63) is 34.2 Å². The predicted octanol–water partition coefficient (Wildman–Crippen LogP) is 1.07. The largest absolute Gasteiger partial charge is 0.367 e. The number of aromatic nitrogens is 1. The molecule has 1 aromatic heterocycles. The summed E-state index contributed by atoms with van der Waals surface area (Å²) in [5.74, 6) is 0.656. The topological polar surface area (TPSA) is 81.1 Å². The number of pyridine rings is 1. The summed E-state index contributed by atoms with van der Waals surface area (Å²) in [6, 6.07) is 3.57. The van der Waals surface area contributed by atoms with Crippen LogP contribution in [0.1, 0.15) is 16.9 Å². The molecule has 1 fully saturated rings. The van der Waals surface area contributed by atoms with Crippen LogP contribution >= 0.6 is 20.7 Å². The number of hydrogen-bond donors (Lipinski definition) is 1. The van der Waals surface area contributed by atoms with Crippen LogP contribution in [0.2, 0.25) is 0 Å². The third-order valence-electron chi connectivity index (χ3n) is 4.86. The molecule has 2 aliphatic rings. The minimum atomic E-state index is -0.192. The van der Waals surface area contributed by atoms with Crippen molar-refractivity contribution in [1.82, 2.24) is 20.1 Å². The van der Waals surface area contributed by atoms with E-state index in [0.717, 1.165) is 37.8 Å². The van der Waals surface area contributed by atoms with Gasteiger partial charge in [-0.25, -0.2) is 9.98 Å². The van der Waals surface area contributed by atoms with E-state index in [0.29, 0.717) is 12.1 Å². The van der Waals surface area contributed by atoms with Gasteiger partial charge in [-0.3, -0.25) is 14.5 Å². The Morgan fingerprint density at radius 1 is 1.29 bits per heavy atom. The third-order valence-corrected chi connectivity index (χ3v) is 5.78. The summed E-state index contributed by atoms with van der Waals surface area (Å²) in [4.78, 5) is 39.1. The highest BCUT2D eigenvalue weighted by atomic mass is 127.